The van der Waals surface area contributed by atoms with Crippen LogP contribution < -0.4 is 15.5 Å². The average Bonchev–Trinajstić information content (AvgIpc) is 2.95. The first-order valence-corrected chi connectivity index (χ1v) is 15.5. The molecule has 250 valence electrons. The molecule has 5 rings (SSSR count). The van der Waals surface area contributed by atoms with E-state index in [4.69, 9.17) is 0 Å². The summed E-state index contributed by atoms with van der Waals surface area (Å²) in [5, 5.41) is 52.1. The van der Waals surface area contributed by atoms with Gasteiger partial charge >= 0.3 is 6.03 Å². The predicted octanol–water partition coefficient (Wildman–Crippen LogP) is 4.19. The normalized spacial score (nSPS) is 24.1. The minimum Gasteiger partial charge on any atom is -0.508 e. The van der Waals surface area contributed by atoms with Crippen molar-refractivity contribution in [3.8, 4) is 5.75 Å². The summed E-state index contributed by atoms with van der Waals surface area (Å²) in [4.78, 5) is 57.8. The summed E-state index contributed by atoms with van der Waals surface area (Å²) in [6.45, 7) is 5.37. The van der Waals surface area contributed by atoms with Crippen molar-refractivity contribution < 1.29 is 39.6 Å². The third-order valence-electron chi connectivity index (χ3n) is 9.18. The molecular weight excluding hydrogens is 604 g/mol. The van der Waals surface area contributed by atoms with Gasteiger partial charge in [-0.25, -0.2) is 4.79 Å². The first-order chi connectivity index (χ1) is 21.9. The number of carbonyl (C=O) groups excluding carboxylic acids is 4. The van der Waals surface area contributed by atoms with Crippen LogP contribution in [0.5, 0.6) is 5.75 Å². The van der Waals surface area contributed by atoms with E-state index in [0.29, 0.717) is 16.9 Å². The van der Waals surface area contributed by atoms with Crippen molar-refractivity contribution in [2.24, 2.45) is 17.3 Å². The summed E-state index contributed by atoms with van der Waals surface area (Å²) in [5.41, 5.74) is -2.68. The number of ketones is 3. The topological polar surface area (TPSA) is 180 Å². The highest BCUT2D eigenvalue weighted by molar-refractivity contribution is 6.25. The van der Waals surface area contributed by atoms with Crippen molar-refractivity contribution in [1.82, 2.24) is 4.90 Å². The number of anilines is 3. The number of amides is 2. The lowest BCUT2D eigenvalue weighted by Gasteiger charge is -2.50. The number of carbonyl (C=O) groups is 4. The second-order valence-electron chi connectivity index (χ2n) is 14.2. The smallest absolute Gasteiger partial charge is 0.323 e. The molecule has 4 unspecified atom stereocenters. The van der Waals surface area contributed by atoms with Crippen LogP contribution in [-0.4, -0.2) is 88.5 Å². The van der Waals surface area contributed by atoms with Crippen molar-refractivity contribution in [3.05, 3.63) is 64.4 Å². The van der Waals surface area contributed by atoms with E-state index in [-0.39, 0.29) is 36.1 Å². The Morgan fingerprint density at radius 2 is 1.64 bits per heavy atom. The van der Waals surface area contributed by atoms with Crippen molar-refractivity contribution in [2.75, 3.05) is 43.7 Å². The number of aliphatic hydroxyl groups is 3. The lowest BCUT2D eigenvalue weighted by atomic mass is 9.57. The van der Waals surface area contributed by atoms with Gasteiger partial charge in [-0.2, -0.15) is 0 Å². The van der Waals surface area contributed by atoms with Gasteiger partial charge in [-0.05, 0) is 62.0 Å². The van der Waals surface area contributed by atoms with Crippen LogP contribution in [0, 0.1) is 17.3 Å². The molecule has 0 aromatic heterocycles. The fraction of sp³-hybridized carbons (Fsp3) is 0.429. The number of nitrogens with one attached hydrogen (secondary N) is 2. The molecule has 0 saturated heterocycles. The van der Waals surface area contributed by atoms with E-state index in [0.717, 1.165) is 0 Å². The molecule has 0 bridgehead atoms. The number of phenols is 1. The second-order valence-corrected chi connectivity index (χ2v) is 14.2. The van der Waals surface area contributed by atoms with Crippen molar-refractivity contribution in [1.29, 1.82) is 0 Å². The van der Waals surface area contributed by atoms with Gasteiger partial charge in [0, 0.05) is 43.4 Å². The quantitative estimate of drug-likeness (QED) is 0.197. The number of Topliss-reactive ketones (excluding diaryl/α,β-unsaturated/α-hetero) is 3. The zero-order valence-corrected chi connectivity index (χ0v) is 27.6. The van der Waals surface area contributed by atoms with Crippen LogP contribution in [0.3, 0.4) is 0 Å². The standard InChI is InChI=1S/C35H42N4O8/c1-34(2,3)16-23(40)26-30(43)27(39(6)7)20-14-17-13-19-22(38(4)5)15-21(37-33(46)36-18-11-9-8-10-12-18)28(41)25(19)29(42)24(17)31(44)35(20,47)32(26)45/h8-12,15,17,20,27,41-42,45,47H,13-14,16H2,1-7H3,(H2,36,37,46). The molecule has 12 heteroatoms. The van der Waals surface area contributed by atoms with Crippen LogP contribution in [0.15, 0.2) is 53.3 Å². The largest absolute Gasteiger partial charge is 0.508 e. The molecule has 12 nitrogen and oxygen atoms in total. The van der Waals surface area contributed by atoms with Gasteiger partial charge in [0.2, 0.25) is 5.78 Å². The van der Waals surface area contributed by atoms with Gasteiger partial charge in [-0.3, -0.25) is 19.3 Å². The van der Waals surface area contributed by atoms with Gasteiger partial charge in [0.25, 0.3) is 0 Å². The number of urea groups is 1. The van der Waals surface area contributed by atoms with Crippen molar-refractivity contribution in [2.45, 2.75) is 51.7 Å². The van der Waals surface area contributed by atoms with E-state index in [1.165, 1.54) is 4.90 Å². The molecule has 6 N–H and O–H groups in total. The Kier molecular flexibility index (Phi) is 8.48. The molecule has 2 amide bonds. The number of rotatable bonds is 6. The van der Waals surface area contributed by atoms with Gasteiger partial charge in [-0.15, -0.1) is 0 Å². The molecule has 3 aliphatic carbocycles. The van der Waals surface area contributed by atoms with Crippen LogP contribution >= 0.6 is 0 Å². The van der Waals surface area contributed by atoms with E-state index in [9.17, 15) is 39.6 Å². The lowest BCUT2D eigenvalue weighted by molar-refractivity contribution is -0.153. The number of hydrogen-bond donors (Lipinski definition) is 6. The fourth-order valence-electron chi connectivity index (χ4n) is 7.19. The Balaban J connectivity index is 1.65. The average molecular weight is 647 g/mol. The zero-order valence-electron chi connectivity index (χ0n) is 27.6. The highest BCUT2D eigenvalue weighted by Gasteiger charge is 2.64. The number of aromatic hydroxyl groups is 1. The minimum atomic E-state index is -2.69. The molecule has 0 radical (unpaired) electrons. The van der Waals surface area contributed by atoms with Crippen LogP contribution in [0.25, 0.3) is 5.76 Å². The summed E-state index contributed by atoms with van der Waals surface area (Å²) in [7, 11) is 6.71. The Bertz CT molecular complexity index is 1740. The summed E-state index contributed by atoms with van der Waals surface area (Å²) in [6, 6.07) is 8.45. The highest BCUT2D eigenvalue weighted by atomic mass is 16.3. The molecule has 0 spiro atoms. The number of fused-ring (bicyclic) bond motifs is 3. The predicted molar refractivity (Wildman–Crippen MR) is 178 cm³/mol. The molecule has 4 atom stereocenters. The van der Waals surface area contributed by atoms with Gasteiger partial charge in [0.05, 0.1) is 17.3 Å². The van der Waals surface area contributed by atoms with E-state index in [1.54, 1.807) is 90.3 Å². The Labute approximate surface area is 273 Å². The Morgan fingerprint density at radius 1 is 1.00 bits per heavy atom. The minimum absolute atomic E-state index is 0.00751. The SMILES string of the molecule is CN(C)c1cc(NC(=O)Nc2ccccc2)c(O)c2c1CC1CC3C(N(C)C)C(=O)C(C(=O)CC(C)(C)C)=C(O)C3(O)C(=O)C1=C2O. The molecule has 0 aliphatic heterocycles. The highest BCUT2D eigenvalue weighted by Crippen LogP contribution is 2.55. The van der Waals surface area contributed by atoms with Crippen LogP contribution in [0.4, 0.5) is 21.9 Å². The fourth-order valence-corrected chi connectivity index (χ4v) is 7.19. The zero-order chi connectivity index (χ0) is 34.7. The molecule has 1 saturated carbocycles. The number of phenolic OH excluding ortho intramolecular Hbond substituents is 1. The van der Waals surface area contributed by atoms with E-state index < -0.39 is 75.1 Å². The Hall–Kier alpha value is -4.68. The summed E-state index contributed by atoms with van der Waals surface area (Å²) >= 11 is 0. The molecule has 2 aromatic rings. The third-order valence-corrected chi connectivity index (χ3v) is 9.18. The van der Waals surface area contributed by atoms with E-state index in [2.05, 4.69) is 10.6 Å². The molecule has 0 heterocycles. The van der Waals surface area contributed by atoms with Crippen molar-refractivity contribution >= 4 is 46.2 Å². The number of likely N-dealkylation sites (N-methyl/N-ethyl adjacent to an activating group) is 1. The summed E-state index contributed by atoms with van der Waals surface area (Å²) < 4.78 is 0. The monoisotopic (exact) mass is 646 g/mol. The second kappa shape index (κ2) is 11.8. The molecule has 3 aliphatic rings. The number of aliphatic hydroxyl groups excluding tert-OH is 2. The van der Waals surface area contributed by atoms with Gasteiger partial charge in [0.1, 0.15) is 17.1 Å². The first-order valence-electron chi connectivity index (χ1n) is 15.5. The van der Waals surface area contributed by atoms with Crippen LogP contribution in [0.2, 0.25) is 0 Å². The molecule has 1 fully saturated rings. The third kappa shape index (κ3) is 5.65. The lowest BCUT2D eigenvalue weighted by Crippen LogP contribution is -2.65. The van der Waals surface area contributed by atoms with Gasteiger partial charge < -0.3 is 36.0 Å². The maximum Gasteiger partial charge on any atom is 0.323 e. The van der Waals surface area contributed by atoms with E-state index >= 15 is 0 Å². The van der Waals surface area contributed by atoms with E-state index in [1.807, 2.05) is 0 Å². The van der Waals surface area contributed by atoms with Crippen LogP contribution in [0.1, 0.15) is 44.7 Å². The number of para-hydroxylation sites is 1. The van der Waals surface area contributed by atoms with Gasteiger partial charge in [0.15, 0.2) is 22.9 Å². The molecule has 2 aromatic carbocycles. The van der Waals surface area contributed by atoms with Crippen LogP contribution in [-0.2, 0) is 20.8 Å². The van der Waals surface area contributed by atoms with Crippen molar-refractivity contribution in [3.63, 3.8) is 0 Å². The van der Waals surface area contributed by atoms with Gasteiger partial charge in [-0.1, -0.05) is 39.0 Å². The summed E-state index contributed by atoms with van der Waals surface area (Å²) in [6.07, 6.45) is 0.0266. The molecule has 47 heavy (non-hydrogen) atoms. The maximum absolute atomic E-state index is 14.4. The number of hydrogen-bond acceptors (Lipinski definition) is 10. The first kappa shape index (κ1) is 33.7. The maximum atomic E-state index is 14.4. The number of nitrogens with zero attached hydrogens (tertiary/aromatic N) is 2. The molecular formula is C35H42N4O8. The summed E-state index contributed by atoms with van der Waals surface area (Å²) in [5.74, 6) is -6.38. The Morgan fingerprint density at radius 3 is 2.21 bits per heavy atom. The number of benzene rings is 2.